The fourth-order valence-corrected chi connectivity index (χ4v) is 4.82. The normalized spacial score (nSPS) is 28.0. The number of piperidine rings is 1. The van der Waals surface area contributed by atoms with Gasteiger partial charge in [-0.25, -0.2) is 0 Å². The average molecular weight is 387 g/mol. The lowest BCUT2D eigenvalue weighted by atomic mass is 9.88. The SMILES string of the molecule is CN(C(=O)CN1CCOCC1)[C@H]1C[C@H]2CCN(C(=O)c3ccnnc3)C[C@H]2C1. The van der Waals surface area contributed by atoms with E-state index in [1.54, 1.807) is 12.3 Å². The van der Waals surface area contributed by atoms with Crippen LogP contribution in [0.15, 0.2) is 18.5 Å². The van der Waals surface area contributed by atoms with Crippen LogP contribution in [-0.2, 0) is 9.53 Å². The predicted molar refractivity (Wildman–Crippen MR) is 103 cm³/mol. The van der Waals surface area contributed by atoms with Gasteiger partial charge in [0.05, 0.1) is 37.7 Å². The molecule has 3 heterocycles. The summed E-state index contributed by atoms with van der Waals surface area (Å²) in [5.41, 5.74) is 0.598. The standard InChI is InChI=1S/C20H29N5O3/c1-23(19(26)14-24-6-8-28-9-7-24)18-10-15-3-5-25(13-17(15)11-18)20(27)16-2-4-21-22-12-16/h2,4,12,15,17-18H,3,5-11,13-14H2,1H3/t15-,17-,18+/m1/s1. The second-order valence-corrected chi connectivity index (χ2v) is 8.21. The maximum Gasteiger partial charge on any atom is 0.255 e. The van der Waals surface area contributed by atoms with Gasteiger partial charge in [0.2, 0.25) is 5.91 Å². The first-order valence-corrected chi connectivity index (χ1v) is 10.2. The van der Waals surface area contributed by atoms with E-state index in [-0.39, 0.29) is 17.9 Å². The number of carbonyl (C=O) groups is 2. The Morgan fingerprint density at radius 1 is 1.18 bits per heavy atom. The highest BCUT2D eigenvalue weighted by Crippen LogP contribution is 2.40. The topological polar surface area (TPSA) is 78.9 Å². The zero-order chi connectivity index (χ0) is 19.5. The number of morpholine rings is 1. The average Bonchev–Trinajstić information content (AvgIpc) is 3.17. The molecule has 1 saturated carbocycles. The summed E-state index contributed by atoms with van der Waals surface area (Å²) in [6.45, 7) is 5.11. The Kier molecular flexibility index (Phi) is 5.87. The largest absolute Gasteiger partial charge is 0.379 e. The van der Waals surface area contributed by atoms with Crippen LogP contribution in [0.25, 0.3) is 0 Å². The van der Waals surface area contributed by atoms with E-state index in [0.29, 0.717) is 37.2 Å². The molecule has 0 spiro atoms. The van der Waals surface area contributed by atoms with E-state index in [0.717, 1.165) is 45.4 Å². The van der Waals surface area contributed by atoms with Crippen molar-refractivity contribution < 1.29 is 14.3 Å². The fourth-order valence-electron chi connectivity index (χ4n) is 4.82. The van der Waals surface area contributed by atoms with Crippen LogP contribution in [0.2, 0.25) is 0 Å². The van der Waals surface area contributed by atoms with Crippen molar-refractivity contribution in [2.24, 2.45) is 11.8 Å². The molecule has 4 rings (SSSR count). The van der Waals surface area contributed by atoms with Crippen LogP contribution < -0.4 is 0 Å². The molecule has 0 unspecified atom stereocenters. The van der Waals surface area contributed by atoms with E-state index in [4.69, 9.17) is 4.74 Å². The summed E-state index contributed by atoms with van der Waals surface area (Å²) in [5.74, 6) is 1.30. The minimum Gasteiger partial charge on any atom is -0.379 e. The number of likely N-dealkylation sites (tertiary alicyclic amines) is 1. The molecule has 0 N–H and O–H groups in total. The second-order valence-electron chi connectivity index (χ2n) is 8.21. The van der Waals surface area contributed by atoms with Crippen molar-refractivity contribution in [2.75, 3.05) is 53.0 Å². The van der Waals surface area contributed by atoms with Gasteiger partial charge < -0.3 is 14.5 Å². The van der Waals surface area contributed by atoms with Crippen LogP contribution in [0, 0.1) is 11.8 Å². The summed E-state index contributed by atoms with van der Waals surface area (Å²) in [5, 5.41) is 7.56. The number of aromatic nitrogens is 2. The number of likely N-dealkylation sites (N-methyl/N-ethyl adjacent to an activating group) is 1. The third-order valence-electron chi connectivity index (χ3n) is 6.56. The van der Waals surface area contributed by atoms with Crippen molar-refractivity contribution in [3.8, 4) is 0 Å². The third-order valence-corrected chi connectivity index (χ3v) is 6.56. The number of ether oxygens (including phenoxy) is 1. The number of nitrogens with zero attached hydrogens (tertiary/aromatic N) is 5. The molecule has 1 aromatic heterocycles. The maximum atomic E-state index is 12.7. The summed E-state index contributed by atoms with van der Waals surface area (Å²) in [4.78, 5) is 31.5. The van der Waals surface area contributed by atoms with Gasteiger partial charge in [0, 0.05) is 39.3 Å². The minimum atomic E-state index is 0.0357. The van der Waals surface area contributed by atoms with E-state index in [1.165, 1.54) is 6.20 Å². The second kappa shape index (κ2) is 8.53. The molecule has 2 amide bonds. The van der Waals surface area contributed by atoms with E-state index >= 15 is 0 Å². The monoisotopic (exact) mass is 387 g/mol. The van der Waals surface area contributed by atoms with Gasteiger partial charge in [-0.15, -0.1) is 0 Å². The fraction of sp³-hybridized carbons (Fsp3) is 0.700. The van der Waals surface area contributed by atoms with Gasteiger partial charge in [-0.05, 0) is 37.2 Å². The third kappa shape index (κ3) is 4.17. The number of carbonyl (C=O) groups excluding carboxylic acids is 2. The maximum absolute atomic E-state index is 12.7. The molecule has 3 atom stereocenters. The molecule has 28 heavy (non-hydrogen) atoms. The Morgan fingerprint density at radius 3 is 2.71 bits per heavy atom. The zero-order valence-corrected chi connectivity index (χ0v) is 16.5. The lowest BCUT2D eigenvalue weighted by Crippen LogP contribution is -2.46. The number of amides is 2. The Balaban J connectivity index is 1.31. The van der Waals surface area contributed by atoms with E-state index < -0.39 is 0 Å². The molecular formula is C20H29N5O3. The summed E-state index contributed by atoms with van der Waals surface area (Å²) >= 11 is 0. The molecule has 8 heteroatoms. The molecule has 0 bridgehead atoms. The Bertz CT molecular complexity index is 694. The van der Waals surface area contributed by atoms with Crippen LogP contribution >= 0.6 is 0 Å². The van der Waals surface area contributed by atoms with Crippen molar-refractivity contribution in [2.45, 2.75) is 25.3 Å². The van der Waals surface area contributed by atoms with Crippen molar-refractivity contribution >= 4 is 11.8 Å². The lowest BCUT2D eigenvalue weighted by molar-refractivity contribution is -0.134. The van der Waals surface area contributed by atoms with Gasteiger partial charge in [0.1, 0.15) is 0 Å². The van der Waals surface area contributed by atoms with Gasteiger partial charge in [0.15, 0.2) is 0 Å². The van der Waals surface area contributed by atoms with Crippen LogP contribution in [0.3, 0.4) is 0 Å². The number of hydrogen-bond acceptors (Lipinski definition) is 6. The van der Waals surface area contributed by atoms with Crippen LogP contribution in [0.1, 0.15) is 29.6 Å². The molecule has 1 aromatic rings. The zero-order valence-electron chi connectivity index (χ0n) is 16.5. The molecule has 8 nitrogen and oxygen atoms in total. The summed E-state index contributed by atoms with van der Waals surface area (Å²) in [7, 11) is 1.94. The molecule has 2 aliphatic heterocycles. The number of hydrogen-bond donors (Lipinski definition) is 0. The summed E-state index contributed by atoms with van der Waals surface area (Å²) in [6, 6.07) is 2.00. The van der Waals surface area contributed by atoms with Gasteiger partial charge in [-0.3, -0.25) is 14.5 Å². The Morgan fingerprint density at radius 2 is 1.96 bits per heavy atom. The molecule has 1 aliphatic carbocycles. The smallest absolute Gasteiger partial charge is 0.255 e. The molecule has 3 fully saturated rings. The predicted octanol–water partition coefficient (Wildman–Crippen LogP) is 0.508. The van der Waals surface area contributed by atoms with Crippen molar-refractivity contribution in [3.05, 3.63) is 24.0 Å². The number of fused-ring (bicyclic) bond motifs is 1. The first-order chi connectivity index (χ1) is 13.6. The van der Waals surface area contributed by atoms with E-state index in [9.17, 15) is 9.59 Å². The van der Waals surface area contributed by atoms with Crippen molar-refractivity contribution in [1.29, 1.82) is 0 Å². The molecule has 3 aliphatic rings. The van der Waals surface area contributed by atoms with Crippen LogP contribution in [0.5, 0.6) is 0 Å². The number of rotatable bonds is 4. The van der Waals surface area contributed by atoms with Crippen LogP contribution in [0.4, 0.5) is 0 Å². The highest BCUT2D eigenvalue weighted by molar-refractivity contribution is 5.93. The minimum absolute atomic E-state index is 0.0357. The van der Waals surface area contributed by atoms with E-state index in [2.05, 4.69) is 15.1 Å². The Hall–Kier alpha value is -2.06. The van der Waals surface area contributed by atoms with Gasteiger partial charge in [0.25, 0.3) is 5.91 Å². The Labute approximate surface area is 165 Å². The van der Waals surface area contributed by atoms with Crippen molar-refractivity contribution in [1.82, 2.24) is 24.9 Å². The molecule has 2 saturated heterocycles. The molecular weight excluding hydrogens is 358 g/mol. The lowest BCUT2D eigenvalue weighted by Gasteiger charge is -2.34. The van der Waals surface area contributed by atoms with Gasteiger partial charge >= 0.3 is 0 Å². The highest BCUT2D eigenvalue weighted by atomic mass is 16.5. The molecule has 152 valence electrons. The van der Waals surface area contributed by atoms with Gasteiger partial charge in [-0.2, -0.15) is 10.2 Å². The molecule has 0 radical (unpaired) electrons. The first kappa shape index (κ1) is 19.3. The van der Waals surface area contributed by atoms with Gasteiger partial charge in [-0.1, -0.05) is 0 Å². The van der Waals surface area contributed by atoms with E-state index in [1.807, 2.05) is 16.8 Å². The first-order valence-electron chi connectivity index (χ1n) is 10.2. The summed E-state index contributed by atoms with van der Waals surface area (Å²) in [6.07, 6.45) is 6.13. The summed E-state index contributed by atoms with van der Waals surface area (Å²) < 4.78 is 5.36. The quantitative estimate of drug-likeness (QED) is 0.749. The van der Waals surface area contributed by atoms with Crippen molar-refractivity contribution in [3.63, 3.8) is 0 Å². The highest BCUT2D eigenvalue weighted by Gasteiger charge is 2.41. The molecule has 0 aromatic carbocycles. The van der Waals surface area contributed by atoms with Crippen LogP contribution in [-0.4, -0.2) is 95.7 Å².